The molecule has 1 fully saturated rings. The van der Waals surface area contributed by atoms with Gasteiger partial charge in [0.1, 0.15) is 5.75 Å². The molecule has 0 bridgehead atoms. The molecule has 1 aliphatic carbocycles. The smallest absolute Gasteiger partial charge is 0.248 e. The zero-order valence-corrected chi connectivity index (χ0v) is 10.7. The molecule has 2 amide bonds. The van der Waals surface area contributed by atoms with Crippen molar-refractivity contribution in [1.82, 2.24) is 5.32 Å². The van der Waals surface area contributed by atoms with Crippen LogP contribution in [-0.4, -0.2) is 31.5 Å². The Morgan fingerprint density at radius 3 is 2.74 bits per heavy atom. The van der Waals surface area contributed by atoms with E-state index in [1.807, 2.05) is 0 Å². The third kappa shape index (κ3) is 3.69. The number of ether oxygens (including phenoxy) is 1. The van der Waals surface area contributed by atoms with E-state index in [1.165, 1.54) is 13.2 Å². The normalized spacial score (nSPS) is 13.9. The summed E-state index contributed by atoms with van der Waals surface area (Å²) in [7, 11) is 1.50. The van der Waals surface area contributed by atoms with Crippen LogP contribution in [0.5, 0.6) is 5.75 Å². The van der Waals surface area contributed by atoms with Crippen LogP contribution in [-0.2, 0) is 4.79 Å². The molecule has 1 saturated carbocycles. The lowest BCUT2D eigenvalue weighted by molar-refractivity contribution is -0.115. The molecule has 4 N–H and O–H groups in total. The molecule has 0 saturated heterocycles. The number of nitrogens with one attached hydrogen (secondary N) is 2. The number of anilines is 1. The maximum Gasteiger partial charge on any atom is 0.248 e. The first-order valence-electron chi connectivity index (χ1n) is 6.11. The molecule has 0 unspecified atom stereocenters. The van der Waals surface area contributed by atoms with Gasteiger partial charge < -0.3 is 21.1 Å². The molecule has 0 aliphatic heterocycles. The zero-order chi connectivity index (χ0) is 13.8. The van der Waals surface area contributed by atoms with Gasteiger partial charge in [-0.2, -0.15) is 0 Å². The van der Waals surface area contributed by atoms with Gasteiger partial charge in [0.2, 0.25) is 11.8 Å². The van der Waals surface area contributed by atoms with E-state index in [9.17, 15) is 9.59 Å². The van der Waals surface area contributed by atoms with Crippen LogP contribution in [0.25, 0.3) is 0 Å². The first kappa shape index (κ1) is 13.4. The summed E-state index contributed by atoms with van der Waals surface area (Å²) in [5.74, 6) is -0.231. The minimum absolute atomic E-state index is 0.174. The van der Waals surface area contributed by atoms with E-state index in [0.29, 0.717) is 23.0 Å². The third-order valence-corrected chi connectivity index (χ3v) is 2.89. The standard InChI is InChI=1S/C13H17N3O3/c1-19-11-5-2-8(13(14)18)6-10(11)16-12(17)7-15-9-3-4-9/h2,5-6,9,15H,3-4,7H2,1H3,(H2,14,18)(H,16,17). The van der Waals surface area contributed by atoms with Crippen molar-refractivity contribution in [1.29, 1.82) is 0 Å². The predicted octanol–water partition coefficient (Wildman–Crippen LogP) is 0.485. The number of hydrogen-bond donors (Lipinski definition) is 3. The number of benzene rings is 1. The Labute approximate surface area is 111 Å². The highest BCUT2D eigenvalue weighted by atomic mass is 16.5. The summed E-state index contributed by atoms with van der Waals surface area (Å²) in [5.41, 5.74) is 5.98. The molecule has 2 rings (SSSR count). The highest BCUT2D eigenvalue weighted by Crippen LogP contribution is 2.25. The Morgan fingerprint density at radius 2 is 2.16 bits per heavy atom. The average Bonchev–Trinajstić information content (AvgIpc) is 3.20. The highest BCUT2D eigenvalue weighted by molar-refractivity contribution is 5.98. The third-order valence-electron chi connectivity index (χ3n) is 2.89. The van der Waals surface area contributed by atoms with Crippen molar-refractivity contribution in [3.63, 3.8) is 0 Å². The van der Waals surface area contributed by atoms with Crippen LogP contribution < -0.4 is 21.1 Å². The van der Waals surface area contributed by atoms with Gasteiger partial charge in [-0.25, -0.2) is 0 Å². The fourth-order valence-electron chi connectivity index (χ4n) is 1.68. The van der Waals surface area contributed by atoms with E-state index in [0.717, 1.165) is 12.8 Å². The highest BCUT2D eigenvalue weighted by Gasteiger charge is 2.21. The number of nitrogens with two attached hydrogens (primary N) is 1. The number of methoxy groups -OCH3 is 1. The minimum atomic E-state index is -0.547. The van der Waals surface area contributed by atoms with Crippen LogP contribution in [0.4, 0.5) is 5.69 Å². The van der Waals surface area contributed by atoms with Crippen molar-refractivity contribution in [3.05, 3.63) is 23.8 Å². The summed E-state index contributed by atoms with van der Waals surface area (Å²) in [4.78, 5) is 22.9. The second-order valence-electron chi connectivity index (χ2n) is 4.48. The van der Waals surface area contributed by atoms with Crippen LogP contribution in [0.1, 0.15) is 23.2 Å². The van der Waals surface area contributed by atoms with Gasteiger partial charge in [0, 0.05) is 11.6 Å². The lowest BCUT2D eigenvalue weighted by Gasteiger charge is -2.11. The van der Waals surface area contributed by atoms with Gasteiger partial charge in [0.05, 0.1) is 19.3 Å². The summed E-state index contributed by atoms with van der Waals surface area (Å²) in [6.07, 6.45) is 2.24. The quantitative estimate of drug-likeness (QED) is 0.696. The van der Waals surface area contributed by atoms with E-state index in [-0.39, 0.29) is 12.5 Å². The van der Waals surface area contributed by atoms with Crippen molar-refractivity contribution in [3.8, 4) is 5.75 Å². The number of hydrogen-bond acceptors (Lipinski definition) is 4. The van der Waals surface area contributed by atoms with Gasteiger partial charge >= 0.3 is 0 Å². The molecule has 0 spiro atoms. The molecule has 102 valence electrons. The van der Waals surface area contributed by atoms with E-state index in [2.05, 4.69) is 10.6 Å². The Kier molecular flexibility index (Phi) is 4.01. The van der Waals surface area contributed by atoms with E-state index in [1.54, 1.807) is 12.1 Å². The van der Waals surface area contributed by atoms with Crippen LogP contribution in [0.15, 0.2) is 18.2 Å². The first-order chi connectivity index (χ1) is 9.10. The topological polar surface area (TPSA) is 93.4 Å². The van der Waals surface area contributed by atoms with Crippen molar-refractivity contribution < 1.29 is 14.3 Å². The van der Waals surface area contributed by atoms with Crippen LogP contribution in [0.2, 0.25) is 0 Å². The number of carbonyl (C=O) groups is 2. The summed E-state index contributed by atoms with van der Waals surface area (Å²) < 4.78 is 5.13. The molecule has 0 heterocycles. The second-order valence-corrected chi connectivity index (χ2v) is 4.48. The van der Waals surface area contributed by atoms with Crippen molar-refractivity contribution in [2.45, 2.75) is 18.9 Å². The molecule has 6 heteroatoms. The lowest BCUT2D eigenvalue weighted by Crippen LogP contribution is -2.29. The second kappa shape index (κ2) is 5.71. The largest absolute Gasteiger partial charge is 0.495 e. The van der Waals surface area contributed by atoms with Gasteiger partial charge in [0.25, 0.3) is 0 Å². The Balaban J connectivity index is 2.05. The van der Waals surface area contributed by atoms with Crippen LogP contribution in [0.3, 0.4) is 0 Å². The van der Waals surface area contributed by atoms with Crippen LogP contribution >= 0.6 is 0 Å². The van der Waals surface area contributed by atoms with E-state index >= 15 is 0 Å². The molecule has 1 aliphatic rings. The van der Waals surface area contributed by atoms with Crippen molar-refractivity contribution in [2.75, 3.05) is 19.0 Å². The predicted molar refractivity (Wildman–Crippen MR) is 71.2 cm³/mol. The van der Waals surface area contributed by atoms with Gasteiger partial charge in [-0.3, -0.25) is 9.59 Å². The fourth-order valence-corrected chi connectivity index (χ4v) is 1.68. The van der Waals surface area contributed by atoms with Gasteiger partial charge in [0.15, 0.2) is 0 Å². The van der Waals surface area contributed by atoms with E-state index in [4.69, 9.17) is 10.5 Å². The lowest BCUT2D eigenvalue weighted by atomic mass is 10.1. The molecular weight excluding hydrogens is 246 g/mol. The molecular formula is C13H17N3O3. The first-order valence-corrected chi connectivity index (χ1v) is 6.11. The van der Waals surface area contributed by atoms with Gasteiger partial charge in [-0.1, -0.05) is 0 Å². The Bertz CT molecular complexity index is 498. The maximum atomic E-state index is 11.7. The summed E-state index contributed by atoms with van der Waals surface area (Å²) in [6.45, 7) is 0.245. The summed E-state index contributed by atoms with van der Waals surface area (Å²) in [6, 6.07) is 5.13. The Hall–Kier alpha value is -2.08. The molecule has 19 heavy (non-hydrogen) atoms. The minimum Gasteiger partial charge on any atom is -0.495 e. The molecule has 0 radical (unpaired) electrons. The zero-order valence-electron chi connectivity index (χ0n) is 10.7. The van der Waals surface area contributed by atoms with E-state index < -0.39 is 5.91 Å². The fraction of sp³-hybridized carbons (Fsp3) is 0.385. The monoisotopic (exact) mass is 263 g/mol. The SMILES string of the molecule is COc1ccc(C(N)=O)cc1NC(=O)CNC1CC1. The van der Waals surface area contributed by atoms with Gasteiger partial charge in [-0.05, 0) is 31.0 Å². The average molecular weight is 263 g/mol. The number of rotatable bonds is 6. The number of amides is 2. The van der Waals surface area contributed by atoms with Gasteiger partial charge in [-0.15, -0.1) is 0 Å². The van der Waals surface area contributed by atoms with Crippen molar-refractivity contribution >= 4 is 17.5 Å². The molecule has 1 aromatic carbocycles. The van der Waals surface area contributed by atoms with Crippen LogP contribution in [0, 0.1) is 0 Å². The Morgan fingerprint density at radius 1 is 1.42 bits per heavy atom. The summed E-state index contributed by atoms with van der Waals surface area (Å²) >= 11 is 0. The molecule has 0 aromatic heterocycles. The number of primary amides is 1. The molecule has 0 atom stereocenters. The number of carbonyl (C=O) groups excluding carboxylic acids is 2. The summed E-state index contributed by atoms with van der Waals surface area (Å²) in [5, 5.41) is 5.81. The maximum absolute atomic E-state index is 11.7. The molecule has 6 nitrogen and oxygen atoms in total. The van der Waals surface area contributed by atoms with Crippen molar-refractivity contribution in [2.24, 2.45) is 5.73 Å². The molecule has 1 aromatic rings.